The fraction of sp³-hybridized carbons (Fsp3) is 0.167. The maximum absolute atomic E-state index is 4.83. The van der Waals surface area contributed by atoms with Crippen LogP contribution in [0.4, 0.5) is 0 Å². The Labute approximate surface area is 79.7 Å². The Morgan fingerprint density at radius 3 is 1.31 bits per heavy atom. The molecular formula is C12H12O. The van der Waals surface area contributed by atoms with Crippen molar-refractivity contribution in [2.75, 3.05) is 13.2 Å². The summed E-state index contributed by atoms with van der Waals surface area (Å²) in [6.45, 7) is 0.619. The molecule has 66 valence electrons. The summed E-state index contributed by atoms with van der Waals surface area (Å²) >= 11 is 0. The molecule has 0 heterocycles. The van der Waals surface area contributed by atoms with Crippen molar-refractivity contribution in [3.05, 3.63) is 36.4 Å². The van der Waals surface area contributed by atoms with Crippen molar-refractivity contribution in [3.8, 4) is 24.7 Å². The molecule has 0 atom stereocenters. The third-order valence-electron chi connectivity index (χ3n) is 1.04. The zero-order chi connectivity index (χ0) is 9.78. The van der Waals surface area contributed by atoms with Gasteiger partial charge in [-0.15, -0.1) is 12.8 Å². The minimum atomic E-state index is 0.310. The van der Waals surface area contributed by atoms with Crippen LogP contribution in [-0.4, -0.2) is 13.2 Å². The topological polar surface area (TPSA) is 9.23 Å². The normalized spacial score (nSPS) is 7.23. The van der Waals surface area contributed by atoms with E-state index in [2.05, 4.69) is 16.6 Å². The van der Waals surface area contributed by atoms with Crippen LogP contribution in [0, 0.1) is 24.7 Å². The van der Waals surface area contributed by atoms with Crippen LogP contribution >= 0.6 is 0 Å². The average Bonchev–Trinajstić information content (AvgIpc) is 2.22. The lowest BCUT2D eigenvalue weighted by Gasteiger charge is -1.86. The summed E-state index contributed by atoms with van der Waals surface area (Å²) in [6, 6.07) is 12.0. The maximum Gasteiger partial charge on any atom is 0.108 e. The summed E-state index contributed by atoms with van der Waals surface area (Å²) in [4.78, 5) is 0. The molecule has 0 aromatic heterocycles. The summed E-state index contributed by atoms with van der Waals surface area (Å²) in [5.41, 5.74) is 0. The third kappa shape index (κ3) is 10.3. The second-order valence-corrected chi connectivity index (χ2v) is 2.06. The van der Waals surface area contributed by atoms with E-state index in [-0.39, 0.29) is 0 Å². The van der Waals surface area contributed by atoms with Gasteiger partial charge in [0.2, 0.25) is 0 Å². The molecule has 0 saturated heterocycles. The number of ether oxygens (including phenoxy) is 1. The molecular weight excluding hydrogens is 160 g/mol. The Hall–Kier alpha value is -1.70. The standard InChI is InChI=1S/C6H6O.C6H6/c1-3-5-7-6-4-2;1-2-4-6-5-3-1/h1-2H,5-6H2;1-6H. The first-order valence-electron chi connectivity index (χ1n) is 3.86. The first-order chi connectivity index (χ1) is 6.41. The zero-order valence-corrected chi connectivity index (χ0v) is 7.44. The molecule has 1 aromatic rings. The van der Waals surface area contributed by atoms with Crippen LogP contribution in [0.5, 0.6) is 0 Å². The van der Waals surface area contributed by atoms with Gasteiger partial charge in [0, 0.05) is 0 Å². The quantitative estimate of drug-likeness (QED) is 0.489. The Morgan fingerprint density at radius 2 is 1.08 bits per heavy atom. The molecule has 1 rings (SSSR count). The van der Waals surface area contributed by atoms with Crippen LogP contribution in [0.1, 0.15) is 0 Å². The molecule has 0 spiro atoms. The lowest BCUT2D eigenvalue weighted by atomic mass is 10.4. The van der Waals surface area contributed by atoms with E-state index in [0.717, 1.165) is 0 Å². The summed E-state index contributed by atoms with van der Waals surface area (Å²) in [5, 5.41) is 0. The fourth-order valence-corrected chi connectivity index (χ4v) is 0.554. The molecule has 0 aliphatic rings. The molecule has 13 heavy (non-hydrogen) atoms. The van der Waals surface area contributed by atoms with Gasteiger partial charge in [-0.2, -0.15) is 0 Å². The van der Waals surface area contributed by atoms with Crippen LogP contribution in [0.3, 0.4) is 0 Å². The molecule has 0 aliphatic carbocycles. The molecule has 0 fully saturated rings. The first-order valence-corrected chi connectivity index (χ1v) is 3.86. The molecule has 0 N–H and O–H groups in total. The number of benzene rings is 1. The molecule has 1 aromatic carbocycles. The highest BCUT2D eigenvalue weighted by atomic mass is 16.5. The number of hydrogen-bond acceptors (Lipinski definition) is 1. The predicted molar refractivity (Wildman–Crippen MR) is 54.9 cm³/mol. The second kappa shape index (κ2) is 10.3. The van der Waals surface area contributed by atoms with Crippen LogP contribution in [-0.2, 0) is 4.74 Å². The highest BCUT2D eigenvalue weighted by Gasteiger charge is 1.71. The van der Waals surface area contributed by atoms with E-state index in [4.69, 9.17) is 12.8 Å². The maximum atomic E-state index is 4.83. The highest BCUT2D eigenvalue weighted by Crippen LogP contribution is 1.79. The lowest BCUT2D eigenvalue weighted by Crippen LogP contribution is -1.89. The monoisotopic (exact) mass is 172 g/mol. The van der Waals surface area contributed by atoms with Gasteiger partial charge < -0.3 is 4.74 Å². The van der Waals surface area contributed by atoms with Crippen LogP contribution in [0.25, 0.3) is 0 Å². The number of terminal acetylenes is 2. The van der Waals surface area contributed by atoms with E-state index in [0.29, 0.717) is 13.2 Å². The van der Waals surface area contributed by atoms with Gasteiger partial charge in [0.1, 0.15) is 13.2 Å². The van der Waals surface area contributed by atoms with E-state index in [1.807, 2.05) is 36.4 Å². The predicted octanol–water partition coefficient (Wildman–Crippen LogP) is 1.96. The van der Waals surface area contributed by atoms with E-state index >= 15 is 0 Å². The van der Waals surface area contributed by atoms with Gasteiger partial charge in [-0.25, -0.2) is 0 Å². The van der Waals surface area contributed by atoms with Crippen molar-refractivity contribution in [2.24, 2.45) is 0 Å². The summed E-state index contributed by atoms with van der Waals surface area (Å²) < 4.78 is 4.66. The van der Waals surface area contributed by atoms with Gasteiger partial charge in [0.05, 0.1) is 0 Å². The van der Waals surface area contributed by atoms with E-state index in [1.54, 1.807) is 0 Å². The van der Waals surface area contributed by atoms with Crippen LogP contribution in [0.15, 0.2) is 36.4 Å². The average molecular weight is 172 g/mol. The third-order valence-corrected chi connectivity index (χ3v) is 1.04. The van der Waals surface area contributed by atoms with Crippen LogP contribution in [0.2, 0.25) is 0 Å². The van der Waals surface area contributed by atoms with Gasteiger partial charge in [0.25, 0.3) is 0 Å². The fourth-order valence-electron chi connectivity index (χ4n) is 0.554. The lowest BCUT2D eigenvalue weighted by molar-refractivity contribution is 0.205. The van der Waals surface area contributed by atoms with Crippen molar-refractivity contribution in [2.45, 2.75) is 0 Å². The van der Waals surface area contributed by atoms with Crippen molar-refractivity contribution < 1.29 is 4.74 Å². The number of hydrogen-bond donors (Lipinski definition) is 0. The summed E-state index contributed by atoms with van der Waals surface area (Å²) in [6.07, 6.45) is 9.65. The molecule has 0 saturated carbocycles. The molecule has 1 heteroatoms. The van der Waals surface area contributed by atoms with Gasteiger partial charge in [-0.3, -0.25) is 0 Å². The molecule has 0 radical (unpaired) electrons. The van der Waals surface area contributed by atoms with Crippen molar-refractivity contribution in [3.63, 3.8) is 0 Å². The second-order valence-electron chi connectivity index (χ2n) is 2.06. The zero-order valence-electron chi connectivity index (χ0n) is 7.44. The van der Waals surface area contributed by atoms with Crippen LogP contribution < -0.4 is 0 Å². The van der Waals surface area contributed by atoms with Gasteiger partial charge >= 0.3 is 0 Å². The van der Waals surface area contributed by atoms with Crippen molar-refractivity contribution >= 4 is 0 Å². The highest BCUT2D eigenvalue weighted by molar-refractivity contribution is 4.99. The Kier molecular flexibility index (Phi) is 8.95. The smallest absolute Gasteiger partial charge is 0.108 e. The molecule has 0 unspecified atom stereocenters. The Morgan fingerprint density at radius 1 is 0.769 bits per heavy atom. The van der Waals surface area contributed by atoms with Crippen molar-refractivity contribution in [1.29, 1.82) is 0 Å². The van der Waals surface area contributed by atoms with Crippen molar-refractivity contribution in [1.82, 2.24) is 0 Å². The molecule has 0 bridgehead atoms. The van der Waals surface area contributed by atoms with E-state index < -0.39 is 0 Å². The van der Waals surface area contributed by atoms with Gasteiger partial charge in [-0.1, -0.05) is 48.2 Å². The first kappa shape index (κ1) is 11.3. The summed E-state index contributed by atoms with van der Waals surface area (Å²) in [5.74, 6) is 4.57. The molecule has 0 amide bonds. The Bertz CT molecular complexity index is 223. The van der Waals surface area contributed by atoms with Gasteiger partial charge in [-0.05, 0) is 0 Å². The molecule has 0 aliphatic heterocycles. The SMILES string of the molecule is C#CCOCC#C.c1ccccc1. The number of rotatable bonds is 2. The molecule has 1 nitrogen and oxygen atoms in total. The largest absolute Gasteiger partial charge is 0.356 e. The summed E-state index contributed by atoms with van der Waals surface area (Å²) in [7, 11) is 0. The van der Waals surface area contributed by atoms with E-state index in [1.165, 1.54) is 0 Å². The minimum Gasteiger partial charge on any atom is -0.356 e. The van der Waals surface area contributed by atoms with E-state index in [9.17, 15) is 0 Å². The minimum absolute atomic E-state index is 0.310. The Balaban J connectivity index is 0.000000223. The van der Waals surface area contributed by atoms with Gasteiger partial charge in [0.15, 0.2) is 0 Å².